The summed E-state index contributed by atoms with van der Waals surface area (Å²) in [7, 11) is -7.91. The van der Waals surface area contributed by atoms with Crippen molar-refractivity contribution in [3.8, 4) is 0 Å². The number of nitrogens with one attached hydrogen (secondary N) is 3. The van der Waals surface area contributed by atoms with Crippen LogP contribution in [-0.4, -0.2) is 69.7 Å². The zero-order valence-electron chi connectivity index (χ0n) is 24.8. The highest BCUT2D eigenvalue weighted by Gasteiger charge is 2.21. The van der Waals surface area contributed by atoms with Gasteiger partial charge in [-0.25, -0.2) is 31.9 Å². The molecule has 1 saturated heterocycles. The number of anilines is 2. The van der Waals surface area contributed by atoms with Gasteiger partial charge in [-0.3, -0.25) is 15.3 Å². The number of sulfonamides is 2. The Morgan fingerprint density at radius 3 is 2.09 bits per heavy atom. The first-order valence-corrected chi connectivity index (χ1v) is 17.3. The summed E-state index contributed by atoms with van der Waals surface area (Å²) in [5.41, 5.74) is 3.73. The number of hydrogen-bond donors (Lipinski definition) is 5. The molecule has 240 valence electrons. The number of carbonyl (C=O) groups is 1. The second kappa shape index (κ2) is 13.8. The van der Waals surface area contributed by atoms with Crippen LogP contribution >= 0.6 is 0 Å². The number of hydrogen-bond acceptors (Lipinski definition) is 8. The van der Waals surface area contributed by atoms with E-state index in [4.69, 9.17) is 15.7 Å². The molecule has 1 aromatic heterocycles. The average Bonchev–Trinajstić information content (AvgIpc) is 3.02. The molecular weight excluding hydrogens is 629 g/mol. The predicted octanol–water partition coefficient (Wildman–Crippen LogP) is 2.75. The maximum Gasteiger partial charge on any atom is 0.323 e. The molecule has 0 unspecified atom stereocenters. The van der Waals surface area contributed by atoms with Crippen LogP contribution in [0.2, 0.25) is 0 Å². The van der Waals surface area contributed by atoms with Crippen LogP contribution < -0.4 is 20.9 Å². The number of benzene rings is 3. The molecule has 0 bridgehead atoms. The van der Waals surface area contributed by atoms with Crippen LogP contribution in [0.15, 0.2) is 101 Å². The SMILES string of the molecule is N=C(c1cccc(NC(=O)Nc2ccc(S(N)(=O)=O)cc2Cc2ccc(S(N)(=O)=O)cc2)c1)N1CCN(Cc2ccncc2)CC1. The minimum atomic E-state index is -4.03. The highest BCUT2D eigenvalue weighted by molar-refractivity contribution is 7.89. The Hall–Kier alpha value is -4.67. The summed E-state index contributed by atoms with van der Waals surface area (Å²) in [6.07, 6.45) is 3.73. The monoisotopic (exact) mass is 662 g/mol. The van der Waals surface area contributed by atoms with Crippen molar-refractivity contribution in [2.75, 3.05) is 36.8 Å². The minimum absolute atomic E-state index is 0.0640. The van der Waals surface area contributed by atoms with E-state index in [9.17, 15) is 21.6 Å². The number of nitrogens with two attached hydrogens (primary N) is 2. The maximum absolute atomic E-state index is 13.1. The van der Waals surface area contributed by atoms with Crippen LogP contribution in [0.25, 0.3) is 0 Å². The van der Waals surface area contributed by atoms with Crippen molar-refractivity contribution in [3.63, 3.8) is 0 Å². The Bertz CT molecular complexity index is 1950. The number of aromatic nitrogens is 1. The Morgan fingerprint density at radius 2 is 1.43 bits per heavy atom. The standard InChI is InChI=1S/C31H34N8O5S2/c32-30(39-16-14-38(15-17-39)21-23-10-12-35-13-11-23)24-2-1-3-26(19-24)36-31(40)37-29-9-8-28(46(34,43)44)20-25(29)18-22-4-6-27(7-5-22)45(33,41)42/h1-13,19-20,32H,14-18,21H2,(H2,33,41,42)(H2,34,43,44)(H2,36,37,40). The second-order valence-corrected chi connectivity index (χ2v) is 14.0. The average molecular weight is 663 g/mol. The van der Waals surface area contributed by atoms with Gasteiger partial charge in [0.15, 0.2) is 0 Å². The van der Waals surface area contributed by atoms with Crippen LogP contribution in [0.5, 0.6) is 0 Å². The van der Waals surface area contributed by atoms with Crippen molar-refractivity contribution >= 4 is 43.3 Å². The summed E-state index contributed by atoms with van der Waals surface area (Å²) in [6, 6.07) is 20.3. The quantitative estimate of drug-likeness (QED) is 0.133. The summed E-state index contributed by atoms with van der Waals surface area (Å²) in [5, 5.41) is 24.8. The first-order chi connectivity index (χ1) is 21.8. The lowest BCUT2D eigenvalue weighted by atomic mass is 10.0. The fourth-order valence-electron chi connectivity index (χ4n) is 5.12. The summed E-state index contributed by atoms with van der Waals surface area (Å²) in [4.78, 5) is 21.3. The maximum atomic E-state index is 13.1. The number of nitrogens with zero attached hydrogens (tertiary/aromatic N) is 3. The third-order valence-corrected chi connectivity index (χ3v) is 9.38. The number of rotatable bonds is 9. The van der Waals surface area contributed by atoms with E-state index < -0.39 is 26.1 Å². The Balaban J connectivity index is 1.24. The lowest BCUT2D eigenvalue weighted by Gasteiger charge is -2.36. The molecule has 13 nitrogen and oxygen atoms in total. The highest BCUT2D eigenvalue weighted by Crippen LogP contribution is 2.24. The van der Waals surface area contributed by atoms with Gasteiger partial charge in [-0.1, -0.05) is 24.3 Å². The highest BCUT2D eigenvalue weighted by atomic mass is 32.2. The molecule has 4 aromatic rings. The van der Waals surface area contributed by atoms with E-state index in [0.717, 1.165) is 19.6 Å². The molecule has 0 spiro atoms. The number of pyridine rings is 1. The third-order valence-electron chi connectivity index (χ3n) is 7.54. The summed E-state index contributed by atoms with van der Waals surface area (Å²) in [6.45, 7) is 3.85. The molecule has 2 amide bonds. The molecule has 7 N–H and O–H groups in total. The molecule has 0 saturated carbocycles. The van der Waals surface area contributed by atoms with E-state index in [2.05, 4.69) is 20.5 Å². The van der Waals surface area contributed by atoms with E-state index in [1.54, 1.807) is 42.7 Å². The predicted molar refractivity (Wildman–Crippen MR) is 175 cm³/mol. The van der Waals surface area contributed by atoms with Crippen LogP contribution in [-0.2, 0) is 33.0 Å². The molecule has 3 aromatic carbocycles. The first-order valence-electron chi connectivity index (χ1n) is 14.3. The number of amidine groups is 1. The zero-order chi connectivity index (χ0) is 32.9. The molecule has 5 rings (SSSR count). The van der Waals surface area contributed by atoms with Gasteiger partial charge in [0, 0.05) is 62.1 Å². The topological polar surface area (TPSA) is 205 Å². The van der Waals surface area contributed by atoms with Crippen molar-refractivity contribution in [3.05, 3.63) is 114 Å². The Morgan fingerprint density at radius 1 is 0.783 bits per heavy atom. The smallest absolute Gasteiger partial charge is 0.323 e. The van der Waals surface area contributed by atoms with Crippen LogP contribution in [0.4, 0.5) is 16.2 Å². The zero-order valence-corrected chi connectivity index (χ0v) is 26.4. The molecular formula is C31H34N8O5S2. The molecule has 1 aliphatic rings. The fourth-order valence-corrected chi connectivity index (χ4v) is 6.20. The first kappa shape index (κ1) is 32.7. The number of urea groups is 1. The van der Waals surface area contributed by atoms with Crippen LogP contribution in [0.3, 0.4) is 0 Å². The van der Waals surface area contributed by atoms with Gasteiger partial charge < -0.3 is 15.5 Å². The van der Waals surface area contributed by atoms with Crippen LogP contribution in [0.1, 0.15) is 22.3 Å². The molecule has 2 heterocycles. The van der Waals surface area contributed by atoms with Crippen molar-refractivity contribution < 1.29 is 21.6 Å². The van der Waals surface area contributed by atoms with Gasteiger partial charge in [0.2, 0.25) is 20.0 Å². The van der Waals surface area contributed by atoms with Crippen LogP contribution in [0, 0.1) is 5.41 Å². The molecule has 46 heavy (non-hydrogen) atoms. The fraction of sp³-hybridized carbons (Fsp3) is 0.194. The number of amides is 2. The summed E-state index contributed by atoms with van der Waals surface area (Å²) >= 11 is 0. The Labute approximate surface area is 267 Å². The number of carbonyl (C=O) groups excluding carboxylic acids is 1. The molecule has 1 aliphatic heterocycles. The van der Waals surface area contributed by atoms with Gasteiger partial charge in [-0.05, 0) is 77.7 Å². The largest absolute Gasteiger partial charge is 0.354 e. The van der Waals surface area contributed by atoms with Crippen molar-refractivity contribution in [1.82, 2.24) is 14.8 Å². The van der Waals surface area contributed by atoms with Gasteiger partial charge in [0.25, 0.3) is 0 Å². The van der Waals surface area contributed by atoms with E-state index in [0.29, 0.717) is 47.0 Å². The Kier molecular flexibility index (Phi) is 9.79. The minimum Gasteiger partial charge on any atom is -0.354 e. The summed E-state index contributed by atoms with van der Waals surface area (Å²) in [5.74, 6) is 0.363. The van der Waals surface area contributed by atoms with E-state index in [-0.39, 0.29) is 16.2 Å². The lowest BCUT2D eigenvalue weighted by molar-refractivity contribution is 0.175. The van der Waals surface area contributed by atoms with Crippen molar-refractivity contribution in [2.45, 2.75) is 22.8 Å². The second-order valence-electron chi connectivity index (χ2n) is 10.9. The molecule has 1 fully saturated rings. The van der Waals surface area contributed by atoms with Crippen molar-refractivity contribution in [2.24, 2.45) is 10.3 Å². The van der Waals surface area contributed by atoms with E-state index in [1.165, 1.54) is 35.9 Å². The molecule has 0 aliphatic carbocycles. The van der Waals surface area contributed by atoms with Gasteiger partial charge in [0.05, 0.1) is 9.79 Å². The van der Waals surface area contributed by atoms with Crippen molar-refractivity contribution in [1.29, 1.82) is 5.41 Å². The lowest BCUT2D eigenvalue weighted by Crippen LogP contribution is -2.48. The van der Waals surface area contributed by atoms with E-state index >= 15 is 0 Å². The van der Waals surface area contributed by atoms with Gasteiger partial charge in [0.1, 0.15) is 5.84 Å². The third kappa shape index (κ3) is 8.52. The van der Waals surface area contributed by atoms with Gasteiger partial charge >= 0.3 is 6.03 Å². The summed E-state index contributed by atoms with van der Waals surface area (Å²) < 4.78 is 47.3. The number of primary sulfonamides is 2. The van der Waals surface area contributed by atoms with Gasteiger partial charge in [-0.15, -0.1) is 0 Å². The normalized spacial score (nSPS) is 14.1. The molecule has 0 atom stereocenters. The van der Waals surface area contributed by atoms with E-state index in [1.807, 2.05) is 23.1 Å². The van der Waals surface area contributed by atoms with Gasteiger partial charge in [-0.2, -0.15) is 0 Å². The molecule has 0 radical (unpaired) electrons. The molecule has 15 heteroatoms. The number of piperazine rings is 1.